The minimum absolute atomic E-state index is 0.703. The van der Waals surface area contributed by atoms with Crippen LogP contribution in [0.2, 0.25) is 0 Å². The van der Waals surface area contributed by atoms with Crippen molar-refractivity contribution in [1.82, 2.24) is 5.32 Å². The molecule has 1 aliphatic rings. The lowest BCUT2D eigenvalue weighted by Gasteiger charge is -2.27. The quantitative estimate of drug-likeness (QED) is 0.787. The van der Waals surface area contributed by atoms with Gasteiger partial charge in [0.25, 0.3) is 0 Å². The average molecular weight is 261 g/mol. The Labute approximate surface area is 117 Å². The summed E-state index contributed by atoms with van der Waals surface area (Å²) >= 11 is 0. The fourth-order valence-electron chi connectivity index (χ4n) is 2.98. The van der Waals surface area contributed by atoms with E-state index in [-0.39, 0.29) is 0 Å². The predicted molar refractivity (Wildman–Crippen MR) is 80.7 cm³/mol. The highest BCUT2D eigenvalue weighted by Gasteiger charge is 2.17. The molecule has 0 spiro atoms. The molecule has 1 N–H and O–H groups in total. The molecule has 1 aromatic rings. The van der Waals surface area contributed by atoms with Crippen LogP contribution >= 0.6 is 0 Å². The third-order valence-electron chi connectivity index (χ3n) is 4.08. The SMILES string of the molecule is CCc1ccccc1OCCNC1CCCC(C)C1. The van der Waals surface area contributed by atoms with E-state index in [0.717, 1.165) is 31.2 Å². The number of hydrogen-bond donors (Lipinski definition) is 1. The molecular formula is C17H27NO. The zero-order valence-corrected chi connectivity index (χ0v) is 12.3. The van der Waals surface area contributed by atoms with Gasteiger partial charge in [-0.15, -0.1) is 0 Å². The molecule has 2 nitrogen and oxygen atoms in total. The van der Waals surface area contributed by atoms with E-state index in [9.17, 15) is 0 Å². The minimum Gasteiger partial charge on any atom is -0.492 e. The van der Waals surface area contributed by atoms with Crippen molar-refractivity contribution in [3.63, 3.8) is 0 Å². The highest BCUT2D eigenvalue weighted by molar-refractivity contribution is 5.33. The van der Waals surface area contributed by atoms with E-state index in [2.05, 4.69) is 37.4 Å². The largest absolute Gasteiger partial charge is 0.492 e. The number of nitrogens with one attached hydrogen (secondary N) is 1. The van der Waals surface area contributed by atoms with E-state index >= 15 is 0 Å². The molecule has 106 valence electrons. The molecule has 0 bridgehead atoms. The number of aryl methyl sites for hydroxylation is 1. The van der Waals surface area contributed by atoms with E-state index in [1.807, 2.05) is 6.07 Å². The molecular weight excluding hydrogens is 234 g/mol. The van der Waals surface area contributed by atoms with Gasteiger partial charge in [0, 0.05) is 12.6 Å². The smallest absolute Gasteiger partial charge is 0.122 e. The van der Waals surface area contributed by atoms with Gasteiger partial charge in [-0.1, -0.05) is 44.9 Å². The van der Waals surface area contributed by atoms with Gasteiger partial charge in [0.05, 0.1) is 0 Å². The van der Waals surface area contributed by atoms with Crippen LogP contribution in [0.5, 0.6) is 5.75 Å². The summed E-state index contributed by atoms with van der Waals surface area (Å²) < 4.78 is 5.88. The Balaban J connectivity index is 1.69. The zero-order valence-electron chi connectivity index (χ0n) is 12.3. The van der Waals surface area contributed by atoms with Gasteiger partial charge in [0.1, 0.15) is 12.4 Å². The molecule has 0 aromatic heterocycles. The molecule has 0 heterocycles. The van der Waals surface area contributed by atoms with E-state index in [1.54, 1.807) is 0 Å². The Hall–Kier alpha value is -1.02. The lowest BCUT2D eigenvalue weighted by atomic mass is 9.87. The number of ether oxygens (including phenoxy) is 1. The van der Waals surface area contributed by atoms with Crippen molar-refractivity contribution in [1.29, 1.82) is 0 Å². The number of para-hydroxylation sites is 1. The molecule has 0 radical (unpaired) electrons. The van der Waals surface area contributed by atoms with Crippen LogP contribution < -0.4 is 10.1 Å². The van der Waals surface area contributed by atoms with Gasteiger partial charge < -0.3 is 10.1 Å². The zero-order chi connectivity index (χ0) is 13.5. The van der Waals surface area contributed by atoms with Gasteiger partial charge in [0.2, 0.25) is 0 Å². The normalized spacial score (nSPS) is 23.3. The molecule has 2 heteroatoms. The van der Waals surface area contributed by atoms with Crippen molar-refractivity contribution in [3.05, 3.63) is 29.8 Å². The Morgan fingerprint density at radius 3 is 2.89 bits per heavy atom. The van der Waals surface area contributed by atoms with Crippen LogP contribution in [0.25, 0.3) is 0 Å². The molecule has 0 saturated heterocycles. The van der Waals surface area contributed by atoms with Crippen LogP contribution in [0.3, 0.4) is 0 Å². The summed E-state index contributed by atoms with van der Waals surface area (Å²) in [7, 11) is 0. The lowest BCUT2D eigenvalue weighted by Crippen LogP contribution is -2.36. The van der Waals surface area contributed by atoms with E-state index in [4.69, 9.17) is 4.74 Å². The topological polar surface area (TPSA) is 21.3 Å². The third-order valence-corrected chi connectivity index (χ3v) is 4.08. The second-order valence-electron chi connectivity index (χ2n) is 5.73. The van der Waals surface area contributed by atoms with Crippen molar-refractivity contribution in [2.75, 3.05) is 13.2 Å². The fourth-order valence-corrected chi connectivity index (χ4v) is 2.98. The molecule has 19 heavy (non-hydrogen) atoms. The maximum atomic E-state index is 5.88. The standard InChI is InChI=1S/C17H27NO/c1-3-15-8-4-5-10-17(15)19-12-11-18-16-9-6-7-14(2)13-16/h4-5,8,10,14,16,18H,3,6-7,9,11-13H2,1-2H3. The van der Waals surface area contributed by atoms with Gasteiger partial charge in [-0.2, -0.15) is 0 Å². The monoisotopic (exact) mass is 261 g/mol. The first-order valence-electron chi connectivity index (χ1n) is 7.73. The van der Waals surface area contributed by atoms with Crippen LogP contribution in [-0.2, 0) is 6.42 Å². The molecule has 0 aliphatic heterocycles. The maximum Gasteiger partial charge on any atom is 0.122 e. The molecule has 0 amide bonds. The lowest BCUT2D eigenvalue weighted by molar-refractivity contribution is 0.265. The second kappa shape index (κ2) is 7.54. The molecule has 2 rings (SSSR count). The minimum atomic E-state index is 0.703. The van der Waals surface area contributed by atoms with Gasteiger partial charge in [-0.25, -0.2) is 0 Å². The number of hydrogen-bond acceptors (Lipinski definition) is 2. The maximum absolute atomic E-state index is 5.88. The van der Waals surface area contributed by atoms with Gasteiger partial charge >= 0.3 is 0 Å². The Morgan fingerprint density at radius 2 is 2.11 bits per heavy atom. The second-order valence-corrected chi connectivity index (χ2v) is 5.73. The number of rotatable bonds is 6. The first kappa shape index (κ1) is 14.4. The van der Waals surface area contributed by atoms with Crippen LogP contribution in [0.15, 0.2) is 24.3 Å². The molecule has 2 unspecified atom stereocenters. The summed E-state index contributed by atoms with van der Waals surface area (Å²) in [6.45, 7) is 6.25. The van der Waals surface area contributed by atoms with E-state index in [1.165, 1.54) is 31.2 Å². The van der Waals surface area contributed by atoms with Crippen LogP contribution in [0.4, 0.5) is 0 Å². The predicted octanol–water partition coefficient (Wildman–Crippen LogP) is 3.80. The van der Waals surface area contributed by atoms with Crippen molar-refractivity contribution in [2.24, 2.45) is 5.92 Å². The van der Waals surface area contributed by atoms with Crippen molar-refractivity contribution in [3.8, 4) is 5.75 Å². The van der Waals surface area contributed by atoms with Crippen molar-refractivity contribution >= 4 is 0 Å². The molecule has 2 atom stereocenters. The van der Waals surface area contributed by atoms with Crippen LogP contribution in [0, 0.1) is 5.92 Å². The first-order chi connectivity index (χ1) is 9.29. The Bertz CT molecular complexity index is 377. The molecule has 1 fully saturated rings. The summed E-state index contributed by atoms with van der Waals surface area (Å²) in [6.07, 6.45) is 6.46. The fraction of sp³-hybridized carbons (Fsp3) is 0.647. The first-order valence-corrected chi connectivity index (χ1v) is 7.73. The average Bonchev–Trinajstić information content (AvgIpc) is 2.44. The summed E-state index contributed by atoms with van der Waals surface area (Å²) in [5.74, 6) is 1.93. The highest BCUT2D eigenvalue weighted by Crippen LogP contribution is 2.23. The van der Waals surface area contributed by atoms with Gasteiger partial charge in [-0.05, 0) is 36.8 Å². The number of benzene rings is 1. The van der Waals surface area contributed by atoms with Gasteiger partial charge in [-0.3, -0.25) is 0 Å². The Kier molecular flexibility index (Phi) is 5.71. The van der Waals surface area contributed by atoms with E-state index in [0.29, 0.717) is 6.04 Å². The summed E-state index contributed by atoms with van der Waals surface area (Å²) in [4.78, 5) is 0. The molecule has 1 saturated carbocycles. The van der Waals surface area contributed by atoms with Crippen molar-refractivity contribution in [2.45, 2.75) is 52.0 Å². The molecule has 1 aliphatic carbocycles. The summed E-state index contributed by atoms with van der Waals surface area (Å²) in [5.41, 5.74) is 1.30. The highest BCUT2D eigenvalue weighted by atomic mass is 16.5. The van der Waals surface area contributed by atoms with Gasteiger partial charge in [0.15, 0.2) is 0 Å². The Morgan fingerprint density at radius 1 is 1.26 bits per heavy atom. The van der Waals surface area contributed by atoms with E-state index < -0.39 is 0 Å². The van der Waals surface area contributed by atoms with Crippen LogP contribution in [-0.4, -0.2) is 19.2 Å². The van der Waals surface area contributed by atoms with Crippen molar-refractivity contribution < 1.29 is 4.74 Å². The third kappa shape index (κ3) is 4.54. The van der Waals surface area contributed by atoms with Crippen LogP contribution in [0.1, 0.15) is 45.1 Å². The summed E-state index contributed by atoms with van der Waals surface area (Å²) in [6, 6.07) is 9.04. The molecule has 1 aromatic carbocycles. The summed E-state index contributed by atoms with van der Waals surface area (Å²) in [5, 5.41) is 3.63.